The summed E-state index contributed by atoms with van der Waals surface area (Å²) in [5.41, 5.74) is 0. The van der Waals surface area contributed by atoms with Gasteiger partial charge in [-0.1, -0.05) is 27.7 Å². The highest BCUT2D eigenvalue weighted by molar-refractivity contribution is 4.84. The molecule has 0 bridgehead atoms. The summed E-state index contributed by atoms with van der Waals surface area (Å²) in [5, 5.41) is 3.55. The fourth-order valence-corrected chi connectivity index (χ4v) is 2.50. The Bertz CT molecular complexity index is 198. The Morgan fingerprint density at radius 1 is 1.18 bits per heavy atom. The zero-order valence-electron chi connectivity index (χ0n) is 12.2. The summed E-state index contributed by atoms with van der Waals surface area (Å²) >= 11 is 0. The second-order valence-electron chi connectivity index (χ2n) is 6.07. The Hall–Kier alpha value is -0.120. The summed E-state index contributed by atoms with van der Waals surface area (Å²) in [6, 6.07) is 0.533. The normalized spacial score (nSPS) is 27.9. The van der Waals surface area contributed by atoms with E-state index in [1.165, 1.54) is 13.1 Å². The van der Waals surface area contributed by atoms with Crippen LogP contribution in [0, 0.1) is 17.8 Å². The number of hydrogen-bond donors (Lipinski definition) is 1. The number of ether oxygens (including phenoxy) is 1. The number of nitrogens with one attached hydrogen (secondary N) is 1. The van der Waals surface area contributed by atoms with Crippen molar-refractivity contribution >= 4 is 0 Å². The van der Waals surface area contributed by atoms with Crippen molar-refractivity contribution < 1.29 is 4.74 Å². The molecule has 102 valence electrons. The van der Waals surface area contributed by atoms with Crippen LogP contribution in [0.3, 0.4) is 0 Å². The number of nitrogens with zero attached hydrogens (tertiary/aromatic N) is 1. The highest BCUT2D eigenvalue weighted by Crippen LogP contribution is 2.23. The summed E-state index contributed by atoms with van der Waals surface area (Å²) in [6.45, 7) is 14.6. The van der Waals surface area contributed by atoms with E-state index in [0.29, 0.717) is 6.04 Å². The van der Waals surface area contributed by atoms with E-state index in [4.69, 9.17) is 4.74 Å². The summed E-state index contributed by atoms with van der Waals surface area (Å²) in [7, 11) is 1.80. The van der Waals surface area contributed by atoms with Crippen LogP contribution in [0.1, 0.15) is 27.7 Å². The largest absolute Gasteiger partial charge is 0.383 e. The maximum absolute atomic E-state index is 5.36. The Balaban J connectivity index is 2.37. The van der Waals surface area contributed by atoms with Crippen LogP contribution in [-0.2, 0) is 4.74 Å². The number of methoxy groups -OCH3 is 1. The van der Waals surface area contributed by atoms with E-state index < -0.39 is 0 Å². The van der Waals surface area contributed by atoms with Crippen LogP contribution in [0.4, 0.5) is 0 Å². The molecule has 0 aromatic rings. The molecule has 3 nitrogen and oxygen atoms in total. The molecule has 1 fully saturated rings. The number of rotatable bonds is 7. The van der Waals surface area contributed by atoms with E-state index in [1.807, 2.05) is 0 Å². The van der Waals surface area contributed by atoms with E-state index in [9.17, 15) is 0 Å². The van der Waals surface area contributed by atoms with Gasteiger partial charge in [-0.05, 0) is 24.3 Å². The molecule has 3 atom stereocenters. The average molecular weight is 242 g/mol. The lowest BCUT2D eigenvalue weighted by Gasteiger charge is -2.28. The van der Waals surface area contributed by atoms with Gasteiger partial charge in [-0.25, -0.2) is 0 Å². The summed E-state index contributed by atoms with van der Waals surface area (Å²) in [6.07, 6.45) is 0. The molecule has 1 N–H and O–H groups in total. The standard InChI is InChI=1S/C14H30N2O/c1-11(2)6-15-7-14(10-17-5)16-8-12(3)13(4)9-16/h11-15H,6-10H2,1-5H3. The molecule has 0 amide bonds. The van der Waals surface area contributed by atoms with Crippen LogP contribution in [-0.4, -0.2) is 50.8 Å². The predicted octanol–water partition coefficient (Wildman–Crippen LogP) is 1.83. The molecule has 0 saturated carbocycles. The van der Waals surface area contributed by atoms with Gasteiger partial charge in [0.25, 0.3) is 0 Å². The molecule has 1 rings (SSSR count). The maximum atomic E-state index is 5.36. The van der Waals surface area contributed by atoms with Gasteiger partial charge in [0.1, 0.15) is 0 Å². The Kier molecular flexibility index (Phi) is 6.45. The molecular formula is C14H30N2O. The Morgan fingerprint density at radius 2 is 1.76 bits per heavy atom. The van der Waals surface area contributed by atoms with E-state index >= 15 is 0 Å². The third kappa shape index (κ3) is 4.94. The van der Waals surface area contributed by atoms with Crippen molar-refractivity contribution in [1.82, 2.24) is 10.2 Å². The van der Waals surface area contributed by atoms with Gasteiger partial charge in [0.15, 0.2) is 0 Å². The molecule has 0 aromatic carbocycles. The lowest BCUT2D eigenvalue weighted by molar-refractivity contribution is 0.101. The smallest absolute Gasteiger partial charge is 0.0630 e. The minimum Gasteiger partial charge on any atom is -0.383 e. The van der Waals surface area contributed by atoms with Crippen molar-refractivity contribution in [3.63, 3.8) is 0 Å². The highest BCUT2D eigenvalue weighted by atomic mass is 16.5. The van der Waals surface area contributed by atoms with Crippen LogP contribution in [0.25, 0.3) is 0 Å². The summed E-state index contributed by atoms with van der Waals surface area (Å²) in [5.74, 6) is 2.36. The fraction of sp³-hybridized carbons (Fsp3) is 1.00. The molecule has 0 aromatic heterocycles. The van der Waals surface area contributed by atoms with Crippen molar-refractivity contribution in [2.24, 2.45) is 17.8 Å². The molecule has 1 aliphatic heterocycles. The zero-order valence-corrected chi connectivity index (χ0v) is 12.2. The van der Waals surface area contributed by atoms with Crippen molar-refractivity contribution in [3.8, 4) is 0 Å². The first kappa shape index (κ1) is 14.9. The predicted molar refractivity (Wildman–Crippen MR) is 73.3 cm³/mol. The first-order valence-electron chi connectivity index (χ1n) is 6.98. The van der Waals surface area contributed by atoms with Crippen LogP contribution in [0.2, 0.25) is 0 Å². The fourth-order valence-electron chi connectivity index (χ4n) is 2.50. The molecular weight excluding hydrogens is 212 g/mol. The van der Waals surface area contributed by atoms with Crippen molar-refractivity contribution in [2.75, 3.05) is 39.9 Å². The molecule has 1 aliphatic rings. The van der Waals surface area contributed by atoms with E-state index in [0.717, 1.165) is 37.5 Å². The molecule has 0 aliphatic carbocycles. The van der Waals surface area contributed by atoms with Gasteiger partial charge in [0.05, 0.1) is 6.61 Å². The Labute approximate surface area is 107 Å². The van der Waals surface area contributed by atoms with Gasteiger partial charge in [0.2, 0.25) is 0 Å². The topological polar surface area (TPSA) is 24.5 Å². The molecule has 0 spiro atoms. The molecule has 1 heterocycles. The van der Waals surface area contributed by atoms with E-state index in [2.05, 4.69) is 37.9 Å². The third-order valence-corrected chi connectivity index (χ3v) is 3.82. The van der Waals surface area contributed by atoms with Crippen LogP contribution in [0.5, 0.6) is 0 Å². The zero-order chi connectivity index (χ0) is 12.8. The lowest BCUT2D eigenvalue weighted by atomic mass is 10.0. The average Bonchev–Trinajstić information content (AvgIpc) is 2.57. The van der Waals surface area contributed by atoms with Crippen molar-refractivity contribution in [1.29, 1.82) is 0 Å². The van der Waals surface area contributed by atoms with E-state index in [1.54, 1.807) is 7.11 Å². The maximum Gasteiger partial charge on any atom is 0.0630 e. The van der Waals surface area contributed by atoms with Gasteiger partial charge >= 0.3 is 0 Å². The van der Waals surface area contributed by atoms with Gasteiger partial charge in [-0.15, -0.1) is 0 Å². The van der Waals surface area contributed by atoms with Crippen LogP contribution >= 0.6 is 0 Å². The second kappa shape index (κ2) is 7.34. The quantitative estimate of drug-likeness (QED) is 0.737. The third-order valence-electron chi connectivity index (χ3n) is 3.82. The summed E-state index contributed by atoms with van der Waals surface area (Å²) in [4.78, 5) is 2.59. The minimum absolute atomic E-state index is 0.533. The van der Waals surface area contributed by atoms with Crippen LogP contribution < -0.4 is 5.32 Å². The lowest BCUT2D eigenvalue weighted by Crippen LogP contribution is -2.44. The van der Waals surface area contributed by atoms with Gasteiger partial charge in [0, 0.05) is 32.8 Å². The Morgan fingerprint density at radius 3 is 2.24 bits per heavy atom. The molecule has 3 heteroatoms. The van der Waals surface area contributed by atoms with Gasteiger partial charge in [-0.3, -0.25) is 4.90 Å². The van der Waals surface area contributed by atoms with Gasteiger partial charge in [-0.2, -0.15) is 0 Å². The molecule has 0 radical (unpaired) electrons. The number of likely N-dealkylation sites (tertiary alicyclic amines) is 1. The number of hydrogen-bond acceptors (Lipinski definition) is 3. The van der Waals surface area contributed by atoms with Crippen molar-refractivity contribution in [3.05, 3.63) is 0 Å². The molecule has 1 saturated heterocycles. The SMILES string of the molecule is COCC(CNCC(C)C)N1CC(C)C(C)C1. The van der Waals surface area contributed by atoms with Crippen molar-refractivity contribution in [2.45, 2.75) is 33.7 Å². The first-order chi connectivity index (χ1) is 8.04. The highest BCUT2D eigenvalue weighted by Gasteiger charge is 2.30. The molecule has 3 unspecified atom stereocenters. The molecule has 17 heavy (non-hydrogen) atoms. The summed E-state index contributed by atoms with van der Waals surface area (Å²) < 4.78 is 5.36. The van der Waals surface area contributed by atoms with E-state index in [-0.39, 0.29) is 0 Å². The monoisotopic (exact) mass is 242 g/mol. The first-order valence-corrected chi connectivity index (χ1v) is 6.98. The van der Waals surface area contributed by atoms with Crippen LogP contribution in [0.15, 0.2) is 0 Å². The van der Waals surface area contributed by atoms with Gasteiger partial charge < -0.3 is 10.1 Å². The minimum atomic E-state index is 0.533. The second-order valence-corrected chi connectivity index (χ2v) is 6.07.